The van der Waals surface area contributed by atoms with E-state index in [4.69, 9.17) is 4.98 Å². The van der Waals surface area contributed by atoms with Gasteiger partial charge in [0.25, 0.3) is 0 Å². The van der Waals surface area contributed by atoms with Gasteiger partial charge in [0.15, 0.2) is 0 Å². The number of nitrogens with zero attached hydrogens (tertiary/aromatic N) is 4. The Morgan fingerprint density at radius 1 is 0.633 bits per heavy atom. The van der Waals surface area contributed by atoms with Crippen LogP contribution < -0.4 is 0 Å². The molecule has 0 N–H and O–H groups in total. The van der Waals surface area contributed by atoms with E-state index in [-0.39, 0.29) is 0 Å². The van der Waals surface area contributed by atoms with Crippen molar-refractivity contribution in [1.29, 1.82) is 0 Å². The molecule has 0 saturated carbocycles. The summed E-state index contributed by atoms with van der Waals surface area (Å²) in [6.45, 7) is 7.50. The van der Waals surface area contributed by atoms with E-state index in [1.54, 1.807) is 12.4 Å². The van der Waals surface area contributed by atoms with Crippen molar-refractivity contribution in [2.75, 3.05) is 13.1 Å². The lowest BCUT2D eigenvalue weighted by Crippen LogP contribution is -2.21. The third-order valence-electron chi connectivity index (χ3n) is 5.27. The van der Waals surface area contributed by atoms with Gasteiger partial charge in [0, 0.05) is 18.9 Å². The molecule has 0 bridgehead atoms. The third kappa shape index (κ3) is 4.61. The van der Waals surface area contributed by atoms with Crippen LogP contribution in [0.5, 0.6) is 0 Å². The minimum atomic E-state index is 0.848. The Kier molecular flexibility index (Phi) is 6.26. The second kappa shape index (κ2) is 9.42. The van der Waals surface area contributed by atoms with Crippen molar-refractivity contribution in [3.8, 4) is 33.9 Å². The zero-order chi connectivity index (χ0) is 20.8. The van der Waals surface area contributed by atoms with Crippen LogP contribution in [0.25, 0.3) is 33.9 Å². The predicted octanol–water partition coefficient (Wildman–Crippen LogP) is 5.71. The summed E-state index contributed by atoms with van der Waals surface area (Å²) in [6.07, 6.45) is 3.60. The van der Waals surface area contributed by atoms with Gasteiger partial charge in [-0.05, 0) is 66.2 Å². The van der Waals surface area contributed by atoms with Gasteiger partial charge < -0.3 is 0 Å². The molecule has 4 rings (SSSR count). The number of hydrogen-bond acceptors (Lipinski definition) is 4. The maximum atomic E-state index is 4.85. The minimum Gasteiger partial charge on any atom is -0.300 e. The standard InChI is InChI=1S/C26H26N4/c1-3-30(4-2)19-20-11-13-21(14-12-20)22-17-25(23-9-5-7-15-27-23)29-26(18-22)24-10-6-8-16-28-24/h5-18H,3-4,19H2,1-2H3. The first-order chi connectivity index (χ1) is 14.8. The van der Waals surface area contributed by atoms with Crippen LogP contribution in [0.4, 0.5) is 0 Å². The van der Waals surface area contributed by atoms with Crippen molar-refractivity contribution >= 4 is 0 Å². The fraction of sp³-hybridized carbons (Fsp3) is 0.192. The van der Waals surface area contributed by atoms with E-state index in [0.29, 0.717) is 0 Å². The van der Waals surface area contributed by atoms with Crippen LogP contribution in [-0.2, 0) is 6.54 Å². The highest BCUT2D eigenvalue weighted by Crippen LogP contribution is 2.29. The van der Waals surface area contributed by atoms with Crippen LogP contribution in [-0.4, -0.2) is 32.9 Å². The molecular weight excluding hydrogens is 368 g/mol. The predicted molar refractivity (Wildman–Crippen MR) is 123 cm³/mol. The molecule has 0 radical (unpaired) electrons. The Balaban J connectivity index is 1.74. The van der Waals surface area contributed by atoms with E-state index in [1.165, 1.54) is 5.56 Å². The Morgan fingerprint density at radius 3 is 1.67 bits per heavy atom. The Bertz CT molecular complexity index is 1020. The van der Waals surface area contributed by atoms with Gasteiger partial charge in [-0.1, -0.05) is 50.2 Å². The maximum absolute atomic E-state index is 4.85. The van der Waals surface area contributed by atoms with Crippen LogP contribution in [0.15, 0.2) is 85.2 Å². The number of aromatic nitrogens is 3. The molecule has 30 heavy (non-hydrogen) atoms. The molecule has 0 saturated heterocycles. The molecule has 0 unspecified atom stereocenters. The van der Waals surface area contributed by atoms with E-state index in [0.717, 1.165) is 53.5 Å². The van der Waals surface area contributed by atoms with Gasteiger partial charge in [-0.2, -0.15) is 0 Å². The largest absolute Gasteiger partial charge is 0.300 e. The lowest BCUT2D eigenvalue weighted by molar-refractivity contribution is 0.296. The van der Waals surface area contributed by atoms with Gasteiger partial charge in [0.05, 0.1) is 22.8 Å². The van der Waals surface area contributed by atoms with Crippen molar-refractivity contribution in [2.24, 2.45) is 0 Å². The minimum absolute atomic E-state index is 0.848. The monoisotopic (exact) mass is 394 g/mol. The van der Waals surface area contributed by atoms with Crippen LogP contribution in [0.1, 0.15) is 19.4 Å². The molecule has 0 aliphatic rings. The first kappa shape index (κ1) is 19.9. The van der Waals surface area contributed by atoms with Crippen molar-refractivity contribution in [3.63, 3.8) is 0 Å². The fourth-order valence-electron chi connectivity index (χ4n) is 3.50. The van der Waals surface area contributed by atoms with Gasteiger partial charge in [-0.3, -0.25) is 14.9 Å². The lowest BCUT2D eigenvalue weighted by Gasteiger charge is -2.18. The first-order valence-corrected chi connectivity index (χ1v) is 10.4. The molecule has 1 aromatic carbocycles. The Hall–Kier alpha value is -3.37. The summed E-state index contributed by atoms with van der Waals surface area (Å²) in [5, 5.41) is 0. The normalized spacial score (nSPS) is 11.0. The summed E-state index contributed by atoms with van der Waals surface area (Å²) in [5.41, 5.74) is 7.01. The van der Waals surface area contributed by atoms with Gasteiger partial charge in [0.1, 0.15) is 0 Å². The van der Waals surface area contributed by atoms with Crippen molar-refractivity contribution in [3.05, 3.63) is 90.8 Å². The van der Waals surface area contributed by atoms with Crippen molar-refractivity contribution in [1.82, 2.24) is 19.9 Å². The first-order valence-electron chi connectivity index (χ1n) is 10.4. The highest BCUT2D eigenvalue weighted by molar-refractivity contribution is 5.74. The highest BCUT2D eigenvalue weighted by atomic mass is 15.1. The molecule has 4 nitrogen and oxygen atoms in total. The summed E-state index contributed by atoms with van der Waals surface area (Å²) in [7, 11) is 0. The smallest absolute Gasteiger partial charge is 0.0900 e. The molecule has 0 spiro atoms. The average Bonchev–Trinajstić information content (AvgIpc) is 2.83. The zero-order valence-corrected chi connectivity index (χ0v) is 17.5. The van der Waals surface area contributed by atoms with E-state index in [1.807, 2.05) is 36.4 Å². The summed E-state index contributed by atoms with van der Waals surface area (Å²) >= 11 is 0. The molecule has 3 aromatic heterocycles. The summed E-state index contributed by atoms with van der Waals surface area (Å²) in [4.78, 5) is 16.3. The van der Waals surface area contributed by atoms with Crippen molar-refractivity contribution in [2.45, 2.75) is 20.4 Å². The molecule has 4 heteroatoms. The molecule has 150 valence electrons. The van der Waals surface area contributed by atoms with Crippen molar-refractivity contribution < 1.29 is 0 Å². The maximum Gasteiger partial charge on any atom is 0.0900 e. The van der Waals surface area contributed by atoms with Gasteiger partial charge in [0.2, 0.25) is 0 Å². The molecule has 0 fully saturated rings. The molecule has 4 aromatic rings. The average molecular weight is 395 g/mol. The van der Waals surface area contributed by atoms with Gasteiger partial charge >= 0.3 is 0 Å². The highest BCUT2D eigenvalue weighted by Gasteiger charge is 2.10. The van der Waals surface area contributed by atoms with Crippen LogP contribution in [0.3, 0.4) is 0 Å². The quantitative estimate of drug-likeness (QED) is 0.402. The molecule has 0 aliphatic carbocycles. The number of benzene rings is 1. The summed E-state index contributed by atoms with van der Waals surface area (Å²) in [5.74, 6) is 0. The SMILES string of the molecule is CCN(CC)Cc1ccc(-c2cc(-c3ccccn3)nc(-c3ccccn3)c2)cc1. The molecule has 3 heterocycles. The third-order valence-corrected chi connectivity index (χ3v) is 5.27. The van der Waals surface area contributed by atoms with Crippen LogP contribution in [0, 0.1) is 0 Å². The van der Waals surface area contributed by atoms with E-state index < -0.39 is 0 Å². The second-order valence-electron chi connectivity index (χ2n) is 7.21. The molecule has 0 amide bonds. The van der Waals surface area contributed by atoms with E-state index >= 15 is 0 Å². The molecule has 0 atom stereocenters. The number of rotatable bonds is 7. The van der Waals surface area contributed by atoms with E-state index in [2.05, 4.69) is 65.1 Å². The van der Waals surface area contributed by atoms with Crippen LogP contribution in [0.2, 0.25) is 0 Å². The summed E-state index contributed by atoms with van der Waals surface area (Å²) < 4.78 is 0. The Labute approximate surface area is 178 Å². The van der Waals surface area contributed by atoms with E-state index in [9.17, 15) is 0 Å². The fourth-order valence-corrected chi connectivity index (χ4v) is 3.50. The summed E-state index contributed by atoms with van der Waals surface area (Å²) in [6, 6.07) is 24.8. The number of hydrogen-bond donors (Lipinski definition) is 0. The molecular formula is C26H26N4. The zero-order valence-electron chi connectivity index (χ0n) is 17.5. The topological polar surface area (TPSA) is 41.9 Å². The van der Waals surface area contributed by atoms with Gasteiger partial charge in [-0.25, -0.2) is 4.98 Å². The molecule has 0 aliphatic heterocycles. The van der Waals surface area contributed by atoms with Gasteiger partial charge in [-0.15, -0.1) is 0 Å². The second-order valence-corrected chi connectivity index (χ2v) is 7.21. The van der Waals surface area contributed by atoms with Crippen LogP contribution >= 0.6 is 0 Å². The lowest BCUT2D eigenvalue weighted by atomic mass is 10.0. The Morgan fingerprint density at radius 2 is 1.20 bits per heavy atom. The number of pyridine rings is 3.